The predicted octanol–water partition coefficient (Wildman–Crippen LogP) is 1.13. The maximum absolute atomic E-state index is 12.6. The van der Waals surface area contributed by atoms with Gasteiger partial charge in [-0.1, -0.05) is 0 Å². The molecule has 2 aliphatic heterocycles. The molecule has 1 aromatic heterocycles. The van der Waals surface area contributed by atoms with Gasteiger partial charge in [-0.3, -0.25) is 14.4 Å². The van der Waals surface area contributed by atoms with Crippen molar-refractivity contribution >= 4 is 5.91 Å². The fourth-order valence-electron chi connectivity index (χ4n) is 3.24. The van der Waals surface area contributed by atoms with Crippen LogP contribution in [0.15, 0.2) is 6.20 Å². The van der Waals surface area contributed by atoms with Crippen LogP contribution >= 0.6 is 0 Å². The van der Waals surface area contributed by atoms with Gasteiger partial charge in [-0.15, -0.1) is 0 Å². The number of piperazine rings is 1. The van der Waals surface area contributed by atoms with Crippen LogP contribution in [-0.2, 0) is 6.54 Å². The third kappa shape index (κ3) is 2.27. The van der Waals surface area contributed by atoms with Crippen LogP contribution in [0, 0.1) is 6.92 Å². The maximum Gasteiger partial charge on any atom is 0.257 e. The van der Waals surface area contributed by atoms with Crippen LogP contribution in [0.2, 0.25) is 0 Å². The lowest BCUT2D eigenvalue weighted by Crippen LogP contribution is -2.52. The highest BCUT2D eigenvalue weighted by Crippen LogP contribution is 2.23. The number of rotatable bonds is 2. The second-order valence-corrected chi connectivity index (χ2v) is 5.57. The highest BCUT2D eigenvalue weighted by Gasteiger charge is 2.33. The van der Waals surface area contributed by atoms with Crippen molar-refractivity contribution in [1.29, 1.82) is 0 Å². The predicted molar refractivity (Wildman–Crippen MR) is 73.1 cm³/mol. The number of amides is 1. The zero-order valence-electron chi connectivity index (χ0n) is 11.8. The van der Waals surface area contributed by atoms with Crippen LogP contribution in [0.1, 0.15) is 35.8 Å². The third-order valence-electron chi connectivity index (χ3n) is 4.38. The van der Waals surface area contributed by atoms with E-state index in [1.54, 1.807) is 0 Å². The number of carbonyl (C=O) groups excluding carboxylic acids is 1. The van der Waals surface area contributed by atoms with Gasteiger partial charge in [0.15, 0.2) is 0 Å². The quantitative estimate of drug-likeness (QED) is 0.802. The van der Waals surface area contributed by atoms with Crippen molar-refractivity contribution in [3.8, 4) is 0 Å². The molecule has 0 saturated carbocycles. The number of nitrogens with zero attached hydrogens (tertiary/aromatic N) is 4. The van der Waals surface area contributed by atoms with E-state index in [1.165, 1.54) is 19.4 Å². The molecule has 0 aliphatic carbocycles. The van der Waals surface area contributed by atoms with Gasteiger partial charge in [0.1, 0.15) is 0 Å². The summed E-state index contributed by atoms with van der Waals surface area (Å²) in [5, 5.41) is 4.37. The number of carbonyl (C=O) groups is 1. The standard InChI is InChI=1S/C14H22N4O/c1-3-18-10-13(11(2)15-18)14(19)17-8-7-16-6-4-5-12(16)9-17/h10,12H,3-9H2,1-2H3. The lowest BCUT2D eigenvalue weighted by atomic mass is 10.1. The number of aromatic nitrogens is 2. The molecular weight excluding hydrogens is 240 g/mol. The fourth-order valence-corrected chi connectivity index (χ4v) is 3.24. The third-order valence-corrected chi connectivity index (χ3v) is 4.38. The first-order valence-electron chi connectivity index (χ1n) is 7.26. The van der Waals surface area contributed by atoms with Gasteiger partial charge in [0.25, 0.3) is 5.91 Å². The Morgan fingerprint density at radius 3 is 3.00 bits per heavy atom. The summed E-state index contributed by atoms with van der Waals surface area (Å²) in [4.78, 5) is 17.1. The van der Waals surface area contributed by atoms with E-state index in [9.17, 15) is 4.79 Å². The van der Waals surface area contributed by atoms with Crippen LogP contribution in [0.5, 0.6) is 0 Å². The monoisotopic (exact) mass is 262 g/mol. The van der Waals surface area contributed by atoms with E-state index in [4.69, 9.17) is 0 Å². The van der Waals surface area contributed by atoms with Crippen molar-refractivity contribution in [2.75, 3.05) is 26.2 Å². The average Bonchev–Trinajstić information content (AvgIpc) is 3.02. The topological polar surface area (TPSA) is 41.4 Å². The van der Waals surface area contributed by atoms with E-state index in [1.807, 2.05) is 29.6 Å². The molecule has 1 amide bonds. The molecule has 3 heterocycles. The van der Waals surface area contributed by atoms with Crippen LogP contribution in [-0.4, -0.2) is 57.7 Å². The van der Waals surface area contributed by atoms with Gasteiger partial charge in [0, 0.05) is 38.4 Å². The molecule has 1 aromatic rings. The van der Waals surface area contributed by atoms with Crippen molar-refractivity contribution in [3.63, 3.8) is 0 Å². The zero-order chi connectivity index (χ0) is 13.4. The summed E-state index contributed by atoms with van der Waals surface area (Å²) in [6, 6.07) is 0.583. The Labute approximate surface area is 114 Å². The minimum absolute atomic E-state index is 0.156. The van der Waals surface area contributed by atoms with Crippen molar-refractivity contribution in [1.82, 2.24) is 19.6 Å². The number of hydrogen-bond donors (Lipinski definition) is 0. The molecule has 2 fully saturated rings. The summed E-state index contributed by atoms with van der Waals surface area (Å²) in [7, 11) is 0. The van der Waals surface area contributed by atoms with E-state index in [-0.39, 0.29) is 5.91 Å². The SMILES string of the molecule is CCn1cc(C(=O)N2CCN3CCCC3C2)c(C)n1. The maximum atomic E-state index is 12.6. The normalized spacial score (nSPS) is 23.7. The van der Waals surface area contributed by atoms with Gasteiger partial charge in [0.05, 0.1) is 11.3 Å². The van der Waals surface area contributed by atoms with Crippen LogP contribution < -0.4 is 0 Å². The minimum atomic E-state index is 0.156. The number of hydrogen-bond acceptors (Lipinski definition) is 3. The minimum Gasteiger partial charge on any atom is -0.336 e. The summed E-state index contributed by atoms with van der Waals surface area (Å²) in [6.45, 7) is 8.74. The molecule has 2 aliphatic rings. The summed E-state index contributed by atoms with van der Waals surface area (Å²) in [5.41, 5.74) is 1.62. The molecule has 19 heavy (non-hydrogen) atoms. The number of aryl methyl sites for hydroxylation is 2. The summed E-state index contributed by atoms with van der Waals surface area (Å²) >= 11 is 0. The van der Waals surface area contributed by atoms with Gasteiger partial charge in [-0.25, -0.2) is 0 Å². The second-order valence-electron chi connectivity index (χ2n) is 5.57. The van der Waals surface area contributed by atoms with E-state index in [0.29, 0.717) is 6.04 Å². The Bertz CT molecular complexity index is 482. The Hall–Kier alpha value is -1.36. The molecule has 0 N–H and O–H groups in total. The first-order chi connectivity index (χ1) is 9.19. The van der Waals surface area contributed by atoms with Gasteiger partial charge in [-0.05, 0) is 33.2 Å². The molecule has 5 heteroatoms. The molecule has 1 atom stereocenters. The average molecular weight is 262 g/mol. The lowest BCUT2D eigenvalue weighted by Gasteiger charge is -2.37. The number of fused-ring (bicyclic) bond motifs is 1. The van der Waals surface area contributed by atoms with Crippen LogP contribution in [0.25, 0.3) is 0 Å². The molecule has 2 saturated heterocycles. The Morgan fingerprint density at radius 1 is 1.42 bits per heavy atom. The van der Waals surface area contributed by atoms with E-state index >= 15 is 0 Å². The van der Waals surface area contributed by atoms with Crippen molar-refractivity contribution < 1.29 is 4.79 Å². The first kappa shape index (κ1) is 12.7. The molecule has 0 spiro atoms. The Balaban J connectivity index is 1.74. The highest BCUT2D eigenvalue weighted by atomic mass is 16.2. The smallest absolute Gasteiger partial charge is 0.257 e. The molecule has 104 valence electrons. The Morgan fingerprint density at radius 2 is 2.26 bits per heavy atom. The van der Waals surface area contributed by atoms with Crippen molar-refractivity contribution in [2.45, 2.75) is 39.3 Å². The van der Waals surface area contributed by atoms with Gasteiger partial charge in [-0.2, -0.15) is 5.10 Å². The van der Waals surface area contributed by atoms with E-state index in [0.717, 1.165) is 37.4 Å². The second kappa shape index (κ2) is 4.96. The van der Waals surface area contributed by atoms with Gasteiger partial charge >= 0.3 is 0 Å². The molecule has 0 radical (unpaired) electrons. The molecule has 5 nitrogen and oxygen atoms in total. The van der Waals surface area contributed by atoms with Gasteiger partial charge < -0.3 is 4.90 Å². The van der Waals surface area contributed by atoms with Gasteiger partial charge in [0.2, 0.25) is 0 Å². The van der Waals surface area contributed by atoms with E-state index in [2.05, 4.69) is 10.00 Å². The summed E-state index contributed by atoms with van der Waals surface area (Å²) in [6.07, 6.45) is 4.40. The summed E-state index contributed by atoms with van der Waals surface area (Å²) < 4.78 is 1.84. The largest absolute Gasteiger partial charge is 0.336 e. The summed E-state index contributed by atoms with van der Waals surface area (Å²) in [5.74, 6) is 0.156. The molecule has 3 rings (SSSR count). The van der Waals surface area contributed by atoms with Crippen molar-refractivity contribution in [3.05, 3.63) is 17.5 Å². The Kier molecular flexibility index (Phi) is 3.31. The van der Waals surface area contributed by atoms with E-state index < -0.39 is 0 Å². The molecule has 0 aromatic carbocycles. The zero-order valence-corrected chi connectivity index (χ0v) is 11.8. The molecular formula is C14H22N4O. The molecule has 1 unspecified atom stereocenters. The van der Waals surface area contributed by atoms with Crippen LogP contribution in [0.4, 0.5) is 0 Å². The highest BCUT2D eigenvalue weighted by molar-refractivity contribution is 5.95. The fraction of sp³-hybridized carbons (Fsp3) is 0.714. The first-order valence-corrected chi connectivity index (χ1v) is 7.26. The van der Waals surface area contributed by atoms with Crippen LogP contribution in [0.3, 0.4) is 0 Å². The van der Waals surface area contributed by atoms with Crippen molar-refractivity contribution in [2.24, 2.45) is 0 Å². The molecule has 0 bridgehead atoms. The lowest BCUT2D eigenvalue weighted by molar-refractivity contribution is 0.0570.